The summed E-state index contributed by atoms with van der Waals surface area (Å²) in [7, 11) is 3.21. The van der Waals surface area contributed by atoms with Crippen molar-refractivity contribution in [3.8, 4) is 0 Å². The quantitative estimate of drug-likeness (QED) is 0.467. The van der Waals surface area contributed by atoms with Gasteiger partial charge in [0.05, 0.1) is 5.33 Å². The third-order valence-electron chi connectivity index (χ3n) is 0.652. The lowest BCUT2D eigenvalue weighted by Crippen LogP contribution is -2.13. The molecule has 8 heavy (non-hydrogen) atoms. The summed E-state index contributed by atoms with van der Waals surface area (Å²) < 4.78 is 9.56. The van der Waals surface area contributed by atoms with E-state index in [2.05, 4.69) is 15.9 Å². The van der Waals surface area contributed by atoms with Gasteiger partial charge in [-0.2, -0.15) is 0 Å². The van der Waals surface area contributed by atoms with Crippen molar-refractivity contribution in [1.29, 1.82) is 0 Å². The predicted octanol–water partition coefficient (Wildman–Crippen LogP) is 0.176. The highest BCUT2D eigenvalue weighted by molar-refractivity contribution is 9.09. The first-order valence-corrected chi connectivity index (χ1v) is 3.08. The summed E-state index contributed by atoms with van der Waals surface area (Å²) in [6.45, 7) is 0. The second-order valence-corrected chi connectivity index (χ2v) is 1.70. The smallest absolute Gasteiger partial charge is 0.166 e. The molecule has 0 fully saturated rings. The van der Waals surface area contributed by atoms with Crippen LogP contribution in [0.3, 0.4) is 0 Å². The monoisotopic (exact) mass is 186 g/mol. The van der Waals surface area contributed by atoms with Crippen molar-refractivity contribution in [3.05, 3.63) is 0 Å². The van der Waals surface area contributed by atoms with E-state index >= 15 is 0 Å². The first-order valence-electron chi connectivity index (χ1n) is 1.96. The highest BCUT2D eigenvalue weighted by atomic mass is 79.9. The molecule has 0 unspecified atom stereocenters. The van der Waals surface area contributed by atoms with Gasteiger partial charge in [-0.1, -0.05) is 15.9 Å². The molecule has 0 aromatic carbocycles. The SMILES string of the molecule is COC(CBr)OC.O. The zero-order valence-electron chi connectivity index (χ0n) is 4.98. The van der Waals surface area contributed by atoms with Crippen molar-refractivity contribution in [3.63, 3.8) is 0 Å². The average molecular weight is 187 g/mol. The van der Waals surface area contributed by atoms with E-state index in [1.165, 1.54) is 0 Å². The van der Waals surface area contributed by atoms with E-state index < -0.39 is 0 Å². The van der Waals surface area contributed by atoms with Crippen LogP contribution < -0.4 is 0 Å². The number of hydrogen-bond donors (Lipinski definition) is 0. The molecule has 0 atom stereocenters. The van der Waals surface area contributed by atoms with Crippen LogP contribution >= 0.6 is 15.9 Å². The average Bonchev–Trinajstić information content (AvgIpc) is 1.72. The molecule has 0 bridgehead atoms. The lowest BCUT2D eigenvalue weighted by atomic mass is 10.8. The minimum atomic E-state index is -0.0972. The van der Waals surface area contributed by atoms with Gasteiger partial charge in [0, 0.05) is 14.2 Å². The van der Waals surface area contributed by atoms with Crippen molar-refractivity contribution in [2.75, 3.05) is 19.5 Å². The fourth-order valence-electron chi connectivity index (χ4n) is 0.222. The Labute approximate surface area is 57.4 Å². The topological polar surface area (TPSA) is 50.0 Å². The fraction of sp³-hybridized carbons (Fsp3) is 1.00. The van der Waals surface area contributed by atoms with Crippen LogP contribution in [-0.4, -0.2) is 31.3 Å². The molecule has 0 aliphatic rings. The lowest BCUT2D eigenvalue weighted by Gasteiger charge is -2.07. The molecule has 0 heterocycles. The molecule has 0 aliphatic carbocycles. The van der Waals surface area contributed by atoms with Crippen molar-refractivity contribution in [2.45, 2.75) is 6.29 Å². The zero-order chi connectivity index (χ0) is 5.70. The summed E-state index contributed by atoms with van der Waals surface area (Å²) in [5.74, 6) is 0. The Morgan fingerprint density at radius 1 is 1.38 bits per heavy atom. The van der Waals surface area contributed by atoms with Crippen LogP contribution in [0.15, 0.2) is 0 Å². The third-order valence-corrected chi connectivity index (χ3v) is 1.18. The Bertz CT molecular complexity index is 32.8. The Balaban J connectivity index is 0. The van der Waals surface area contributed by atoms with Gasteiger partial charge in [-0.3, -0.25) is 0 Å². The molecule has 3 nitrogen and oxygen atoms in total. The molecule has 4 heteroatoms. The molecule has 0 aromatic rings. The van der Waals surface area contributed by atoms with Gasteiger partial charge in [0.25, 0.3) is 0 Å². The van der Waals surface area contributed by atoms with Gasteiger partial charge >= 0.3 is 0 Å². The Kier molecular flexibility index (Phi) is 10.3. The lowest BCUT2D eigenvalue weighted by molar-refractivity contribution is -0.0834. The summed E-state index contributed by atoms with van der Waals surface area (Å²) in [6.07, 6.45) is -0.0972. The molecule has 0 saturated heterocycles. The van der Waals surface area contributed by atoms with Crippen LogP contribution in [-0.2, 0) is 9.47 Å². The van der Waals surface area contributed by atoms with Crippen LogP contribution in [0.5, 0.6) is 0 Å². The van der Waals surface area contributed by atoms with Crippen molar-refractivity contribution in [2.24, 2.45) is 0 Å². The molecule has 0 amide bonds. The Morgan fingerprint density at radius 2 is 1.75 bits per heavy atom. The summed E-state index contributed by atoms with van der Waals surface area (Å²) in [5, 5.41) is 0.722. The second-order valence-electron chi connectivity index (χ2n) is 1.06. The highest BCUT2D eigenvalue weighted by Crippen LogP contribution is 1.93. The van der Waals surface area contributed by atoms with E-state index in [-0.39, 0.29) is 11.8 Å². The van der Waals surface area contributed by atoms with E-state index in [1.807, 2.05) is 0 Å². The summed E-state index contributed by atoms with van der Waals surface area (Å²) >= 11 is 3.19. The molecule has 0 aliphatic heterocycles. The number of halogens is 1. The Hall–Kier alpha value is 0.360. The molecular formula is C4H11BrO3. The molecule has 0 aromatic heterocycles. The van der Waals surface area contributed by atoms with Crippen molar-refractivity contribution < 1.29 is 14.9 Å². The first-order chi connectivity index (χ1) is 3.35. The van der Waals surface area contributed by atoms with Crippen LogP contribution in [0.4, 0.5) is 0 Å². The van der Waals surface area contributed by atoms with Crippen LogP contribution in [0.25, 0.3) is 0 Å². The fourth-order valence-corrected chi connectivity index (χ4v) is 0.751. The number of methoxy groups -OCH3 is 2. The number of ether oxygens (including phenoxy) is 2. The van der Waals surface area contributed by atoms with E-state index in [4.69, 9.17) is 9.47 Å². The van der Waals surface area contributed by atoms with Crippen molar-refractivity contribution >= 4 is 15.9 Å². The first kappa shape index (κ1) is 11.2. The summed E-state index contributed by atoms with van der Waals surface area (Å²) in [5.41, 5.74) is 0. The van der Waals surface area contributed by atoms with Gasteiger partial charge in [0.2, 0.25) is 0 Å². The summed E-state index contributed by atoms with van der Waals surface area (Å²) in [4.78, 5) is 0. The number of rotatable bonds is 3. The molecule has 52 valence electrons. The predicted molar refractivity (Wildman–Crippen MR) is 35.2 cm³/mol. The van der Waals surface area contributed by atoms with Gasteiger partial charge in [-0.05, 0) is 0 Å². The van der Waals surface area contributed by atoms with E-state index in [1.54, 1.807) is 14.2 Å². The third kappa shape index (κ3) is 4.52. The number of hydrogen-bond acceptors (Lipinski definition) is 2. The minimum absolute atomic E-state index is 0. The number of alkyl halides is 1. The van der Waals surface area contributed by atoms with Crippen LogP contribution in [0, 0.1) is 0 Å². The maximum atomic E-state index is 4.78. The van der Waals surface area contributed by atoms with E-state index in [0.717, 1.165) is 5.33 Å². The summed E-state index contributed by atoms with van der Waals surface area (Å²) in [6, 6.07) is 0. The molecule has 0 radical (unpaired) electrons. The standard InChI is InChI=1S/C4H9BrO2.H2O/c1-6-4(3-5)7-2;/h4H,3H2,1-2H3;1H2. The van der Waals surface area contributed by atoms with Gasteiger partial charge in [-0.15, -0.1) is 0 Å². The minimum Gasteiger partial charge on any atom is -0.412 e. The molecular weight excluding hydrogens is 176 g/mol. The van der Waals surface area contributed by atoms with Crippen molar-refractivity contribution in [1.82, 2.24) is 0 Å². The maximum absolute atomic E-state index is 4.78. The van der Waals surface area contributed by atoms with Crippen LogP contribution in [0.1, 0.15) is 0 Å². The largest absolute Gasteiger partial charge is 0.412 e. The van der Waals surface area contributed by atoms with E-state index in [9.17, 15) is 0 Å². The second kappa shape index (κ2) is 7.36. The van der Waals surface area contributed by atoms with Gasteiger partial charge in [0.1, 0.15) is 0 Å². The molecule has 2 N–H and O–H groups in total. The van der Waals surface area contributed by atoms with Gasteiger partial charge in [0.15, 0.2) is 6.29 Å². The van der Waals surface area contributed by atoms with Crippen LogP contribution in [0.2, 0.25) is 0 Å². The maximum Gasteiger partial charge on any atom is 0.166 e. The van der Waals surface area contributed by atoms with E-state index in [0.29, 0.717) is 0 Å². The molecule has 0 rings (SSSR count). The zero-order valence-corrected chi connectivity index (χ0v) is 6.56. The van der Waals surface area contributed by atoms with Gasteiger partial charge in [-0.25, -0.2) is 0 Å². The highest BCUT2D eigenvalue weighted by Gasteiger charge is 1.97. The molecule has 0 spiro atoms. The normalized spacial score (nSPS) is 9.00. The Morgan fingerprint density at radius 3 is 1.75 bits per heavy atom. The molecule has 0 saturated carbocycles. The van der Waals surface area contributed by atoms with Gasteiger partial charge < -0.3 is 14.9 Å².